The molecule has 0 fully saturated rings. The predicted molar refractivity (Wildman–Crippen MR) is 156 cm³/mol. The maximum atomic E-state index is 13.2. The molecular weight excluding hydrogens is 514 g/mol. The molecule has 0 aliphatic heterocycles. The molecule has 1 heterocycles. The van der Waals surface area contributed by atoms with Crippen molar-refractivity contribution in [2.75, 3.05) is 18.4 Å². The molecule has 4 rings (SSSR count). The van der Waals surface area contributed by atoms with E-state index in [1.807, 2.05) is 74.5 Å². The minimum Gasteiger partial charge on any atom is -0.298 e. The highest BCUT2D eigenvalue weighted by Crippen LogP contribution is 2.39. The number of anilines is 1. The lowest BCUT2D eigenvalue weighted by Crippen LogP contribution is -2.33. The van der Waals surface area contributed by atoms with Crippen LogP contribution in [-0.4, -0.2) is 36.7 Å². The molecule has 1 aromatic heterocycles. The Balaban J connectivity index is 1.56. The van der Waals surface area contributed by atoms with Crippen molar-refractivity contribution in [3.8, 4) is 21.7 Å². The van der Waals surface area contributed by atoms with Gasteiger partial charge in [0, 0.05) is 24.2 Å². The first kappa shape index (κ1) is 27.7. The highest BCUT2D eigenvalue weighted by Gasteiger charge is 2.24. The number of benzene rings is 3. The Morgan fingerprint density at radius 1 is 0.816 bits per heavy atom. The average molecular weight is 548 g/mol. The smallest absolute Gasteiger partial charge is 0.257 e. The van der Waals surface area contributed by atoms with Crippen LogP contribution in [0.15, 0.2) is 89.8 Å². The molecular formula is C30H33N3O3S2. The van der Waals surface area contributed by atoms with Gasteiger partial charge in [-0.15, -0.1) is 0 Å². The Morgan fingerprint density at radius 2 is 1.37 bits per heavy atom. The predicted octanol–water partition coefficient (Wildman–Crippen LogP) is 7.32. The van der Waals surface area contributed by atoms with Gasteiger partial charge in [-0.25, -0.2) is 13.4 Å². The molecule has 0 saturated heterocycles. The number of sulfonamides is 1. The van der Waals surface area contributed by atoms with Crippen molar-refractivity contribution in [1.82, 2.24) is 9.29 Å². The van der Waals surface area contributed by atoms with Crippen molar-refractivity contribution in [3.05, 3.63) is 90.5 Å². The molecule has 38 heavy (non-hydrogen) atoms. The molecule has 4 aromatic rings. The maximum Gasteiger partial charge on any atom is 0.257 e. The number of carbonyl (C=O) groups is 1. The average Bonchev–Trinajstić information content (AvgIpc) is 3.37. The summed E-state index contributed by atoms with van der Waals surface area (Å²) >= 11 is 1.41. The lowest BCUT2D eigenvalue weighted by molar-refractivity contribution is 0.102. The van der Waals surface area contributed by atoms with Gasteiger partial charge in [-0.3, -0.25) is 10.1 Å². The third-order valence-electron chi connectivity index (χ3n) is 6.21. The van der Waals surface area contributed by atoms with Crippen LogP contribution in [0.1, 0.15) is 49.9 Å². The first-order valence-electron chi connectivity index (χ1n) is 13.0. The van der Waals surface area contributed by atoms with Crippen LogP contribution in [-0.2, 0) is 10.0 Å². The Morgan fingerprint density at radius 3 is 1.92 bits per heavy atom. The van der Waals surface area contributed by atoms with E-state index in [2.05, 4.69) is 5.32 Å². The van der Waals surface area contributed by atoms with E-state index in [4.69, 9.17) is 4.98 Å². The van der Waals surface area contributed by atoms with Crippen LogP contribution in [0, 0.1) is 0 Å². The van der Waals surface area contributed by atoms with Crippen LogP contribution >= 0.6 is 11.3 Å². The summed E-state index contributed by atoms with van der Waals surface area (Å²) in [6.07, 6.45) is 3.47. The zero-order chi connectivity index (χ0) is 27.0. The fourth-order valence-corrected chi connectivity index (χ4v) is 6.57. The number of nitrogens with one attached hydrogen (secondary N) is 1. The third kappa shape index (κ3) is 6.56. The first-order chi connectivity index (χ1) is 18.4. The van der Waals surface area contributed by atoms with Crippen molar-refractivity contribution < 1.29 is 13.2 Å². The summed E-state index contributed by atoms with van der Waals surface area (Å²) < 4.78 is 28.0. The number of hydrogen-bond acceptors (Lipinski definition) is 5. The van der Waals surface area contributed by atoms with Crippen LogP contribution in [0.4, 0.5) is 5.13 Å². The number of unbranched alkanes of at least 4 members (excludes halogenated alkanes) is 2. The molecule has 0 spiro atoms. The van der Waals surface area contributed by atoms with Crippen molar-refractivity contribution >= 4 is 32.4 Å². The largest absolute Gasteiger partial charge is 0.298 e. The SMILES string of the molecule is CCCCN(CCCC)S(=O)(=O)c1ccc(C(=O)Nc2nc(-c3ccccc3)c(-c3ccccc3)s2)cc1. The van der Waals surface area contributed by atoms with Gasteiger partial charge in [0.15, 0.2) is 5.13 Å². The molecule has 0 bridgehead atoms. The Hall–Kier alpha value is -3.33. The van der Waals surface area contributed by atoms with Gasteiger partial charge in [0.05, 0.1) is 15.5 Å². The van der Waals surface area contributed by atoms with Crippen molar-refractivity contribution in [3.63, 3.8) is 0 Å². The molecule has 0 atom stereocenters. The molecule has 8 heteroatoms. The molecule has 198 valence electrons. The van der Waals surface area contributed by atoms with Gasteiger partial charge < -0.3 is 0 Å². The van der Waals surface area contributed by atoms with Crippen molar-refractivity contribution in [2.45, 2.75) is 44.4 Å². The number of rotatable bonds is 12. The molecule has 6 nitrogen and oxygen atoms in total. The summed E-state index contributed by atoms with van der Waals surface area (Å²) in [6, 6.07) is 26.0. The van der Waals surface area contributed by atoms with Gasteiger partial charge in [0.1, 0.15) is 0 Å². The van der Waals surface area contributed by atoms with E-state index < -0.39 is 10.0 Å². The van der Waals surface area contributed by atoms with Crippen molar-refractivity contribution in [1.29, 1.82) is 0 Å². The van der Waals surface area contributed by atoms with E-state index in [0.717, 1.165) is 47.4 Å². The number of hydrogen-bond donors (Lipinski definition) is 1. The summed E-state index contributed by atoms with van der Waals surface area (Å²) in [6.45, 7) is 5.09. The van der Waals surface area contributed by atoms with E-state index in [1.54, 1.807) is 16.4 Å². The molecule has 1 N–H and O–H groups in total. The highest BCUT2D eigenvalue weighted by atomic mass is 32.2. The zero-order valence-corrected chi connectivity index (χ0v) is 23.4. The Labute approximate surface area is 229 Å². The monoisotopic (exact) mass is 547 g/mol. The fourth-order valence-electron chi connectivity index (χ4n) is 4.07. The zero-order valence-electron chi connectivity index (χ0n) is 21.8. The van der Waals surface area contributed by atoms with Gasteiger partial charge >= 0.3 is 0 Å². The third-order valence-corrected chi connectivity index (χ3v) is 9.14. The minimum atomic E-state index is -3.62. The molecule has 1 amide bonds. The van der Waals surface area contributed by atoms with E-state index in [9.17, 15) is 13.2 Å². The summed E-state index contributed by atoms with van der Waals surface area (Å²) in [5, 5.41) is 3.39. The summed E-state index contributed by atoms with van der Waals surface area (Å²) in [5.41, 5.74) is 3.16. The van der Waals surface area contributed by atoms with Gasteiger partial charge in [-0.05, 0) is 42.7 Å². The molecule has 0 aliphatic carbocycles. The second-order valence-electron chi connectivity index (χ2n) is 9.02. The number of carbonyl (C=O) groups excluding carboxylic acids is 1. The molecule has 0 aliphatic rings. The molecule has 0 radical (unpaired) electrons. The van der Waals surface area contributed by atoms with Gasteiger partial charge in [0.2, 0.25) is 10.0 Å². The topological polar surface area (TPSA) is 79.4 Å². The van der Waals surface area contributed by atoms with Gasteiger partial charge in [-0.1, -0.05) is 98.7 Å². The van der Waals surface area contributed by atoms with E-state index in [0.29, 0.717) is 23.8 Å². The fraction of sp³-hybridized carbons (Fsp3) is 0.267. The van der Waals surface area contributed by atoms with Crippen LogP contribution in [0.5, 0.6) is 0 Å². The van der Waals surface area contributed by atoms with Crippen LogP contribution in [0.2, 0.25) is 0 Å². The summed E-state index contributed by atoms with van der Waals surface area (Å²) in [4.78, 5) is 19.0. The molecule has 3 aromatic carbocycles. The standard InChI is InChI=1S/C30H33N3O3S2/c1-3-5-21-33(22-6-4-2)38(35,36)26-19-17-25(18-20-26)29(34)32-30-31-27(23-13-9-7-10-14-23)28(37-30)24-15-11-8-12-16-24/h7-20H,3-6,21-22H2,1-2H3,(H,31,32,34). The van der Waals surface area contributed by atoms with Crippen molar-refractivity contribution in [2.24, 2.45) is 0 Å². The Bertz CT molecular complexity index is 1370. The number of amides is 1. The molecule has 0 unspecified atom stereocenters. The van der Waals surface area contributed by atoms with Gasteiger partial charge in [-0.2, -0.15) is 4.31 Å². The number of thiazole rings is 1. The first-order valence-corrected chi connectivity index (χ1v) is 15.2. The van der Waals surface area contributed by atoms with E-state index in [-0.39, 0.29) is 10.8 Å². The lowest BCUT2D eigenvalue weighted by Gasteiger charge is -2.22. The van der Waals surface area contributed by atoms with Crippen LogP contribution < -0.4 is 5.32 Å². The minimum absolute atomic E-state index is 0.202. The normalized spacial score (nSPS) is 11.6. The Kier molecular flexibility index (Phi) is 9.44. The van der Waals surface area contributed by atoms with Crippen LogP contribution in [0.25, 0.3) is 21.7 Å². The number of nitrogens with zero attached hydrogens (tertiary/aromatic N) is 2. The van der Waals surface area contributed by atoms with E-state index in [1.165, 1.54) is 23.5 Å². The molecule has 0 saturated carbocycles. The summed E-state index contributed by atoms with van der Waals surface area (Å²) in [7, 11) is -3.62. The van der Waals surface area contributed by atoms with Gasteiger partial charge in [0.25, 0.3) is 5.91 Å². The maximum absolute atomic E-state index is 13.2. The quantitative estimate of drug-likeness (QED) is 0.202. The van der Waals surface area contributed by atoms with Crippen LogP contribution in [0.3, 0.4) is 0 Å². The van der Waals surface area contributed by atoms with E-state index >= 15 is 0 Å². The summed E-state index contributed by atoms with van der Waals surface area (Å²) in [5.74, 6) is -0.337. The second kappa shape index (κ2) is 13.0. The lowest BCUT2D eigenvalue weighted by atomic mass is 10.1. The highest BCUT2D eigenvalue weighted by molar-refractivity contribution is 7.89. The number of aromatic nitrogens is 1. The second-order valence-corrected chi connectivity index (χ2v) is 12.0.